The maximum absolute atomic E-state index is 11.3. The molecule has 0 aromatic heterocycles. The highest BCUT2D eigenvalue weighted by molar-refractivity contribution is 7.90. The van der Waals surface area contributed by atoms with E-state index < -0.39 is 15.3 Å². The summed E-state index contributed by atoms with van der Waals surface area (Å²) in [7, 11) is -3.18. The Morgan fingerprint density at radius 1 is 1.40 bits per heavy atom. The summed E-state index contributed by atoms with van der Waals surface area (Å²) < 4.78 is 22.7. The van der Waals surface area contributed by atoms with E-state index in [-0.39, 0.29) is 0 Å². The van der Waals surface area contributed by atoms with Crippen molar-refractivity contribution in [1.29, 1.82) is 5.26 Å². The molecule has 1 aromatic rings. The van der Waals surface area contributed by atoms with E-state index in [1.807, 2.05) is 6.07 Å². The SMILES string of the molecule is CS(=O)(=O)c1cccc(C2(C#N)CC2)c1. The Labute approximate surface area is 89.3 Å². The molecule has 1 aliphatic rings. The van der Waals surface area contributed by atoms with E-state index in [0.29, 0.717) is 4.90 Å². The van der Waals surface area contributed by atoms with Crippen LogP contribution in [-0.4, -0.2) is 14.7 Å². The van der Waals surface area contributed by atoms with Gasteiger partial charge < -0.3 is 0 Å². The third-order valence-corrected chi connectivity index (χ3v) is 3.89. The molecule has 78 valence electrons. The lowest BCUT2D eigenvalue weighted by atomic mass is 9.98. The molecule has 0 aliphatic heterocycles. The second-order valence-corrected chi connectivity index (χ2v) is 6.01. The molecule has 4 heteroatoms. The number of nitrogens with zero attached hydrogens (tertiary/aromatic N) is 1. The van der Waals surface area contributed by atoms with Crippen molar-refractivity contribution < 1.29 is 8.42 Å². The molecule has 1 aliphatic carbocycles. The monoisotopic (exact) mass is 221 g/mol. The predicted octanol–water partition coefficient (Wildman–Crippen LogP) is 1.65. The molecule has 0 N–H and O–H groups in total. The summed E-state index contributed by atoms with van der Waals surface area (Å²) in [6.07, 6.45) is 2.84. The summed E-state index contributed by atoms with van der Waals surface area (Å²) in [6.45, 7) is 0. The molecule has 0 bridgehead atoms. The Morgan fingerprint density at radius 2 is 2.07 bits per heavy atom. The highest BCUT2D eigenvalue weighted by atomic mass is 32.2. The van der Waals surface area contributed by atoms with Crippen molar-refractivity contribution in [3.05, 3.63) is 29.8 Å². The van der Waals surface area contributed by atoms with E-state index in [2.05, 4.69) is 6.07 Å². The van der Waals surface area contributed by atoms with Crippen LogP contribution in [0.2, 0.25) is 0 Å². The summed E-state index contributed by atoms with van der Waals surface area (Å²) in [5, 5.41) is 9.00. The van der Waals surface area contributed by atoms with Crippen LogP contribution in [0.25, 0.3) is 0 Å². The topological polar surface area (TPSA) is 57.9 Å². The van der Waals surface area contributed by atoms with Gasteiger partial charge in [0, 0.05) is 6.26 Å². The van der Waals surface area contributed by atoms with Gasteiger partial charge in [-0.2, -0.15) is 5.26 Å². The lowest BCUT2D eigenvalue weighted by Crippen LogP contribution is -2.05. The van der Waals surface area contributed by atoms with E-state index in [1.54, 1.807) is 18.2 Å². The Bertz CT molecular complexity index is 536. The minimum Gasteiger partial charge on any atom is -0.224 e. The third kappa shape index (κ3) is 1.75. The fraction of sp³-hybridized carbons (Fsp3) is 0.364. The lowest BCUT2D eigenvalue weighted by Gasteiger charge is -2.07. The molecule has 0 spiro atoms. The Kier molecular flexibility index (Phi) is 2.09. The number of benzene rings is 1. The average molecular weight is 221 g/mol. The first-order valence-corrected chi connectivity index (χ1v) is 6.59. The van der Waals surface area contributed by atoms with Crippen LogP contribution in [0.1, 0.15) is 18.4 Å². The summed E-state index contributed by atoms with van der Waals surface area (Å²) in [4.78, 5) is 0.293. The lowest BCUT2D eigenvalue weighted by molar-refractivity contribution is 0.601. The standard InChI is InChI=1S/C11H11NO2S/c1-15(13,14)10-4-2-3-9(7-10)11(8-12)5-6-11/h2-4,7H,5-6H2,1H3. The molecule has 0 saturated heterocycles. The minimum atomic E-state index is -3.18. The maximum atomic E-state index is 11.3. The summed E-state index contributed by atoms with van der Waals surface area (Å²) in [6, 6.07) is 8.95. The van der Waals surface area contributed by atoms with Crippen molar-refractivity contribution in [3.63, 3.8) is 0 Å². The van der Waals surface area contributed by atoms with Crippen molar-refractivity contribution in [2.75, 3.05) is 6.26 Å². The minimum absolute atomic E-state index is 0.293. The molecular formula is C11H11NO2S. The van der Waals surface area contributed by atoms with Crippen molar-refractivity contribution in [3.8, 4) is 6.07 Å². The van der Waals surface area contributed by atoms with E-state index in [9.17, 15) is 8.42 Å². The predicted molar refractivity (Wildman–Crippen MR) is 56.1 cm³/mol. The van der Waals surface area contributed by atoms with Gasteiger partial charge >= 0.3 is 0 Å². The van der Waals surface area contributed by atoms with Crippen molar-refractivity contribution in [1.82, 2.24) is 0 Å². The Hall–Kier alpha value is -1.34. The van der Waals surface area contributed by atoms with Gasteiger partial charge in [0.15, 0.2) is 9.84 Å². The van der Waals surface area contributed by atoms with Gasteiger partial charge in [0.25, 0.3) is 0 Å². The van der Waals surface area contributed by atoms with E-state index in [1.165, 1.54) is 6.26 Å². The zero-order valence-electron chi connectivity index (χ0n) is 8.40. The van der Waals surface area contributed by atoms with Gasteiger partial charge in [-0.15, -0.1) is 0 Å². The van der Waals surface area contributed by atoms with Gasteiger partial charge in [-0.25, -0.2) is 8.42 Å². The Morgan fingerprint density at radius 3 is 2.53 bits per heavy atom. The van der Waals surface area contributed by atoms with Crippen molar-refractivity contribution in [2.45, 2.75) is 23.2 Å². The van der Waals surface area contributed by atoms with Crippen LogP contribution >= 0.6 is 0 Å². The van der Waals surface area contributed by atoms with Crippen molar-refractivity contribution in [2.24, 2.45) is 0 Å². The van der Waals surface area contributed by atoms with Crippen LogP contribution in [0.3, 0.4) is 0 Å². The molecule has 1 fully saturated rings. The summed E-state index contributed by atoms with van der Waals surface area (Å²) >= 11 is 0. The highest BCUT2D eigenvalue weighted by Crippen LogP contribution is 2.47. The molecule has 2 rings (SSSR count). The zero-order chi connectivity index (χ0) is 11.1. The molecule has 3 nitrogen and oxygen atoms in total. The fourth-order valence-corrected chi connectivity index (χ4v) is 2.28. The number of hydrogen-bond donors (Lipinski definition) is 0. The second-order valence-electron chi connectivity index (χ2n) is 3.99. The van der Waals surface area contributed by atoms with Crippen LogP contribution < -0.4 is 0 Å². The van der Waals surface area contributed by atoms with Crippen LogP contribution in [0, 0.1) is 11.3 Å². The van der Waals surface area contributed by atoms with Crippen LogP contribution in [0.5, 0.6) is 0 Å². The quantitative estimate of drug-likeness (QED) is 0.762. The first kappa shape index (κ1) is 10.2. The summed E-state index contributed by atoms with van der Waals surface area (Å²) in [5.74, 6) is 0. The van der Waals surface area contributed by atoms with Gasteiger partial charge in [-0.1, -0.05) is 12.1 Å². The van der Waals surface area contributed by atoms with E-state index >= 15 is 0 Å². The highest BCUT2D eigenvalue weighted by Gasteiger charge is 2.45. The van der Waals surface area contributed by atoms with Gasteiger partial charge in [-0.05, 0) is 30.5 Å². The second kappa shape index (κ2) is 3.07. The first-order valence-electron chi connectivity index (χ1n) is 4.70. The average Bonchev–Trinajstić information content (AvgIpc) is 2.97. The van der Waals surface area contributed by atoms with Crippen LogP contribution in [-0.2, 0) is 15.3 Å². The largest absolute Gasteiger partial charge is 0.224 e. The smallest absolute Gasteiger partial charge is 0.175 e. The number of sulfone groups is 1. The fourth-order valence-electron chi connectivity index (χ4n) is 1.61. The van der Waals surface area contributed by atoms with Gasteiger partial charge in [0.1, 0.15) is 0 Å². The number of hydrogen-bond acceptors (Lipinski definition) is 3. The Balaban J connectivity index is 2.50. The van der Waals surface area contributed by atoms with Crippen LogP contribution in [0.15, 0.2) is 29.2 Å². The molecule has 1 saturated carbocycles. The van der Waals surface area contributed by atoms with Gasteiger partial charge in [0.05, 0.1) is 16.4 Å². The van der Waals surface area contributed by atoms with E-state index in [0.717, 1.165) is 18.4 Å². The van der Waals surface area contributed by atoms with Gasteiger partial charge in [-0.3, -0.25) is 0 Å². The zero-order valence-corrected chi connectivity index (χ0v) is 9.21. The molecule has 0 radical (unpaired) electrons. The normalized spacial score (nSPS) is 18.1. The molecule has 0 amide bonds. The number of nitriles is 1. The first-order chi connectivity index (χ1) is 6.98. The third-order valence-electron chi connectivity index (χ3n) is 2.78. The van der Waals surface area contributed by atoms with Crippen molar-refractivity contribution >= 4 is 9.84 Å². The van der Waals surface area contributed by atoms with Crippen LogP contribution in [0.4, 0.5) is 0 Å². The maximum Gasteiger partial charge on any atom is 0.175 e. The van der Waals surface area contributed by atoms with Gasteiger partial charge in [0.2, 0.25) is 0 Å². The number of rotatable bonds is 2. The molecule has 0 unspecified atom stereocenters. The molecule has 1 aromatic carbocycles. The molecule has 0 heterocycles. The molecule has 0 atom stereocenters. The molecule has 15 heavy (non-hydrogen) atoms. The van der Waals surface area contributed by atoms with E-state index in [4.69, 9.17) is 5.26 Å². The molecular weight excluding hydrogens is 210 g/mol. The summed E-state index contributed by atoms with van der Waals surface area (Å²) in [5.41, 5.74) is 0.411.